The Morgan fingerprint density at radius 3 is 2.34 bits per heavy atom. The van der Waals surface area contributed by atoms with Gasteiger partial charge in [-0.2, -0.15) is 14.5 Å². The molecule has 158 valence electrons. The lowest BCUT2D eigenvalue weighted by Crippen LogP contribution is -2.51. The predicted molar refractivity (Wildman–Crippen MR) is 102 cm³/mol. The lowest BCUT2D eigenvalue weighted by atomic mass is 10.2. The molecule has 1 aliphatic rings. The summed E-state index contributed by atoms with van der Waals surface area (Å²) in [7, 11) is -2.01. The first kappa shape index (κ1) is 20.9. The van der Waals surface area contributed by atoms with E-state index in [1.165, 1.54) is 33.0 Å². The fourth-order valence-electron chi connectivity index (χ4n) is 3.25. The second-order valence-corrected chi connectivity index (χ2v) is 8.87. The summed E-state index contributed by atoms with van der Waals surface area (Å²) in [5, 5.41) is 19.0. The van der Waals surface area contributed by atoms with E-state index in [0.29, 0.717) is 5.69 Å². The van der Waals surface area contributed by atoms with Crippen molar-refractivity contribution in [3.63, 3.8) is 0 Å². The fraction of sp³-hybridized carbons (Fsp3) is 0.562. The number of rotatable bonds is 5. The average molecular weight is 425 g/mol. The molecule has 2 aromatic heterocycles. The molecule has 12 nitrogen and oxygen atoms in total. The molecule has 1 amide bonds. The quantitative estimate of drug-likeness (QED) is 0.494. The fourth-order valence-corrected chi connectivity index (χ4v) is 4.85. The molecule has 1 saturated heterocycles. The van der Waals surface area contributed by atoms with Gasteiger partial charge in [0.2, 0.25) is 15.9 Å². The first-order valence-electron chi connectivity index (χ1n) is 9.01. The van der Waals surface area contributed by atoms with Crippen LogP contribution in [0.15, 0.2) is 17.3 Å². The van der Waals surface area contributed by atoms with E-state index in [4.69, 9.17) is 0 Å². The number of hydrogen-bond acceptors (Lipinski definition) is 7. The van der Waals surface area contributed by atoms with E-state index in [1.54, 1.807) is 25.8 Å². The van der Waals surface area contributed by atoms with Gasteiger partial charge in [-0.3, -0.25) is 24.3 Å². The highest BCUT2D eigenvalue weighted by Gasteiger charge is 2.34. The van der Waals surface area contributed by atoms with Gasteiger partial charge in [0.15, 0.2) is 0 Å². The predicted octanol–water partition coefficient (Wildman–Crippen LogP) is 0.236. The van der Waals surface area contributed by atoms with E-state index < -0.39 is 21.0 Å². The lowest BCUT2D eigenvalue weighted by molar-refractivity contribution is -0.385. The molecule has 3 rings (SSSR count). The average Bonchev–Trinajstić information content (AvgIpc) is 3.23. The van der Waals surface area contributed by atoms with E-state index in [-0.39, 0.29) is 48.4 Å². The van der Waals surface area contributed by atoms with Crippen molar-refractivity contribution >= 4 is 21.6 Å². The minimum absolute atomic E-state index is 0.146. The number of aromatic nitrogens is 4. The molecule has 0 bridgehead atoms. The SMILES string of the molecule is Cc1nn(C(C)C(=O)N2CCN(S(=O)(=O)c3cnn(C)c3C)CC2)cc1[N+](=O)[O-]. The molecular formula is C16H23N7O5S. The second-order valence-electron chi connectivity index (χ2n) is 6.96. The number of sulfonamides is 1. The van der Waals surface area contributed by atoms with Crippen LogP contribution in [0.2, 0.25) is 0 Å². The molecule has 29 heavy (non-hydrogen) atoms. The maximum absolute atomic E-state index is 12.8. The van der Waals surface area contributed by atoms with Crippen molar-refractivity contribution < 1.29 is 18.1 Å². The standard InChI is InChI=1S/C16H23N7O5S/c1-11-14(23(25)26)10-22(18-11)13(3)16(24)20-5-7-21(8-6-20)29(27,28)15-9-17-19(4)12(15)2/h9-10,13H,5-8H2,1-4H3. The topological polar surface area (TPSA) is 136 Å². The molecule has 0 spiro atoms. The summed E-state index contributed by atoms with van der Waals surface area (Å²) in [5.74, 6) is -0.267. The zero-order valence-corrected chi connectivity index (χ0v) is 17.5. The summed E-state index contributed by atoms with van der Waals surface area (Å²) in [6.07, 6.45) is 2.57. The van der Waals surface area contributed by atoms with Gasteiger partial charge in [-0.15, -0.1) is 0 Å². The Morgan fingerprint density at radius 1 is 1.24 bits per heavy atom. The molecule has 2 aromatic rings. The van der Waals surface area contributed by atoms with Gasteiger partial charge in [-0.25, -0.2) is 8.42 Å². The number of carbonyl (C=O) groups is 1. The Bertz CT molecular complexity index is 1050. The number of carbonyl (C=O) groups excluding carboxylic acids is 1. The second kappa shape index (κ2) is 7.55. The van der Waals surface area contributed by atoms with Gasteiger partial charge in [0, 0.05) is 33.2 Å². The maximum Gasteiger partial charge on any atom is 0.309 e. The summed E-state index contributed by atoms with van der Waals surface area (Å²) in [6, 6.07) is -0.730. The monoisotopic (exact) mass is 425 g/mol. The van der Waals surface area contributed by atoms with Crippen LogP contribution < -0.4 is 0 Å². The van der Waals surface area contributed by atoms with E-state index in [2.05, 4.69) is 10.2 Å². The molecule has 0 N–H and O–H groups in total. The molecule has 0 aromatic carbocycles. The number of amides is 1. The highest BCUT2D eigenvalue weighted by molar-refractivity contribution is 7.89. The van der Waals surface area contributed by atoms with E-state index >= 15 is 0 Å². The highest BCUT2D eigenvalue weighted by atomic mass is 32.2. The molecule has 1 atom stereocenters. The number of nitro groups is 1. The summed E-state index contributed by atoms with van der Waals surface area (Å²) in [6.45, 7) is 5.58. The van der Waals surface area contributed by atoms with Gasteiger partial charge < -0.3 is 4.90 Å². The van der Waals surface area contributed by atoms with Crippen molar-refractivity contribution in [3.05, 3.63) is 33.9 Å². The number of aryl methyl sites for hydroxylation is 2. The van der Waals surface area contributed by atoms with Crippen LogP contribution in [0.1, 0.15) is 24.4 Å². The Balaban J connectivity index is 1.68. The maximum atomic E-state index is 12.8. The van der Waals surface area contributed by atoms with Gasteiger partial charge >= 0.3 is 5.69 Å². The Labute approximate surface area is 167 Å². The first-order chi connectivity index (χ1) is 13.5. The zero-order valence-electron chi connectivity index (χ0n) is 16.6. The Hall–Kier alpha value is -2.80. The van der Waals surface area contributed by atoms with Crippen LogP contribution in [-0.2, 0) is 21.9 Å². The summed E-state index contributed by atoms with van der Waals surface area (Å²) < 4.78 is 29.8. The van der Waals surface area contributed by atoms with Crippen LogP contribution in [0.5, 0.6) is 0 Å². The van der Waals surface area contributed by atoms with Gasteiger partial charge in [0.05, 0.1) is 16.8 Å². The minimum atomic E-state index is -3.69. The van der Waals surface area contributed by atoms with E-state index in [9.17, 15) is 23.3 Å². The Morgan fingerprint density at radius 2 is 1.86 bits per heavy atom. The smallest absolute Gasteiger partial charge is 0.309 e. The summed E-state index contributed by atoms with van der Waals surface area (Å²) in [5.41, 5.74) is 0.637. The molecule has 0 radical (unpaired) electrons. The third kappa shape index (κ3) is 3.74. The van der Waals surface area contributed by atoms with Crippen molar-refractivity contribution in [2.45, 2.75) is 31.7 Å². The Kier molecular flexibility index (Phi) is 5.45. The highest BCUT2D eigenvalue weighted by Crippen LogP contribution is 2.23. The molecule has 1 aliphatic heterocycles. The van der Waals surface area contributed by atoms with Crippen LogP contribution in [-0.4, -0.2) is 74.2 Å². The van der Waals surface area contributed by atoms with Crippen molar-refractivity contribution in [2.24, 2.45) is 7.05 Å². The van der Waals surface area contributed by atoms with Crippen LogP contribution in [0.3, 0.4) is 0 Å². The van der Waals surface area contributed by atoms with Crippen LogP contribution >= 0.6 is 0 Å². The zero-order chi connectivity index (χ0) is 21.5. The normalized spacial score (nSPS) is 16.8. The number of nitrogens with zero attached hydrogens (tertiary/aromatic N) is 7. The summed E-state index contributed by atoms with van der Waals surface area (Å²) >= 11 is 0. The van der Waals surface area contributed by atoms with Gasteiger partial charge in [0.25, 0.3) is 0 Å². The van der Waals surface area contributed by atoms with Gasteiger partial charge in [0.1, 0.15) is 22.8 Å². The first-order valence-corrected chi connectivity index (χ1v) is 10.5. The third-order valence-electron chi connectivity index (χ3n) is 5.20. The molecule has 3 heterocycles. The van der Waals surface area contributed by atoms with Crippen molar-refractivity contribution in [3.8, 4) is 0 Å². The summed E-state index contributed by atoms with van der Waals surface area (Å²) in [4.78, 5) is 24.9. The lowest BCUT2D eigenvalue weighted by Gasteiger charge is -2.35. The molecule has 13 heteroatoms. The molecule has 1 unspecified atom stereocenters. The van der Waals surface area contributed by atoms with Crippen LogP contribution in [0.4, 0.5) is 5.69 Å². The van der Waals surface area contributed by atoms with Crippen molar-refractivity contribution in [2.75, 3.05) is 26.2 Å². The van der Waals surface area contributed by atoms with E-state index in [1.807, 2.05) is 0 Å². The van der Waals surface area contributed by atoms with Crippen molar-refractivity contribution in [1.82, 2.24) is 28.8 Å². The van der Waals surface area contributed by atoms with Crippen LogP contribution in [0.25, 0.3) is 0 Å². The minimum Gasteiger partial charge on any atom is -0.338 e. The van der Waals surface area contributed by atoms with Crippen molar-refractivity contribution in [1.29, 1.82) is 0 Å². The molecular weight excluding hydrogens is 402 g/mol. The number of piperazine rings is 1. The third-order valence-corrected chi connectivity index (χ3v) is 7.20. The largest absolute Gasteiger partial charge is 0.338 e. The van der Waals surface area contributed by atoms with E-state index in [0.717, 1.165) is 0 Å². The number of hydrogen-bond donors (Lipinski definition) is 0. The molecule has 1 fully saturated rings. The molecule has 0 saturated carbocycles. The molecule has 0 aliphatic carbocycles. The van der Waals surface area contributed by atoms with Crippen LogP contribution in [0, 0.1) is 24.0 Å². The van der Waals surface area contributed by atoms with Gasteiger partial charge in [-0.05, 0) is 20.8 Å². The van der Waals surface area contributed by atoms with Gasteiger partial charge in [-0.1, -0.05) is 0 Å².